The van der Waals surface area contributed by atoms with Gasteiger partial charge in [0.2, 0.25) is 5.91 Å². The fourth-order valence-corrected chi connectivity index (χ4v) is 2.67. The number of halogens is 1. The normalized spacial score (nSPS) is 11.8. The number of carbonyl (C=O) groups is 1. The van der Waals surface area contributed by atoms with Crippen LogP contribution in [0.1, 0.15) is 31.9 Å². The lowest BCUT2D eigenvalue weighted by Crippen LogP contribution is -2.41. The summed E-state index contributed by atoms with van der Waals surface area (Å²) < 4.78 is 5.95. The molecule has 29 heavy (non-hydrogen) atoms. The summed E-state index contributed by atoms with van der Waals surface area (Å²) in [5.74, 6) is 1.51. The first-order valence-corrected chi connectivity index (χ1v) is 9.58. The number of hydrogen-bond donors (Lipinski definition) is 3. The van der Waals surface area contributed by atoms with Crippen molar-refractivity contribution in [1.82, 2.24) is 10.6 Å². The second-order valence-electron chi connectivity index (χ2n) is 6.70. The quantitative estimate of drug-likeness (QED) is 0.284. The van der Waals surface area contributed by atoms with E-state index in [4.69, 9.17) is 4.74 Å². The van der Waals surface area contributed by atoms with Crippen LogP contribution in [0.2, 0.25) is 0 Å². The molecule has 0 saturated heterocycles. The lowest BCUT2D eigenvalue weighted by molar-refractivity contribution is -0.114. The first kappa shape index (κ1) is 24.7. The van der Waals surface area contributed by atoms with Crippen LogP contribution in [0.15, 0.2) is 53.5 Å². The van der Waals surface area contributed by atoms with Crippen molar-refractivity contribution in [2.75, 3.05) is 18.4 Å². The van der Waals surface area contributed by atoms with E-state index in [0.717, 1.165) is 29.5 Å². The molecule has 1 amide bonds. The van der Waals surface area contributed by atoms with Gasteiger partial charge in [-0.2, -0.15) is 0 Å². The summed E-state index contributed by atoms with van der Waals surface area (Å²) in [6.45, 7) is 9.51. The first-order valence-electron chi connectivity index (χ1n) is 9.58. The number of anilines is 1. The minimum Gasteiger partial charge on any atom is -0.489 e. The Labute approximate surface area is 190 Å². The standard InChI is InChI=1S/C22H30N4O2.HI/c1-5-23-22(24-14-17(3)28-21-11-6-8-16(2)12-21)25-15-19-9-7-10-20(13-19)26-18(4)27;/h6-13,17H,5,14-15H2,1-4H3,(H,26,27)(H2,23,24,25);1H. The van der Waals surface area contributed by atoms with Crippen LogP contribution < -0.4 is 20.7 Å². The summed E-state index contributed by atoms with van der Waals surface area (Å²) in [7, 11) is 0. The summed E-state index contributed by atoms with van der Waals surface area (Å²) >= 11 is 0. The van der Waals surface area contributed by atoms with E-state index < -0.39 is 0 Å². The van der Waals surface area contributed by atoms with E-state index in [9.17, 15) is 4.79 Å². The Morgan fingerprint density at radius 1 is 1.14 bits per heavy atom. The van der Waals surface area contributed by atoms with Gasteiger partial charge in [0, 0.05) is 19.2 Å². The highest BCUT2D eigenvalue weighted by Crippen LogP contribution is 2.14. The highest BCUT2D eigenvalue weighted by atomic mass is 127. The number of aryl methyl sites for hydroxylation is 1. The van der Waals surface area contributed by atoms with Gasteiger partial charge in [-0.3, -0.25) is 4.79 Å². The molecule has 0 heterocycles. The fraction of sp³-hybridized carbons (Fsp3) is 0.364. The van der Waals surface area contributed by atoms with Gasteiger partial charge in [-0.1, -0.05) is 24.3 Å². The van der Waals surface area contributed by atoms with Crippen molar-refractivity contribution in [2.45, 2.75) is 40.3 Å². The van der Waals surface area contributed by atoms with E-state index in [1.807, 2.05) is 69.3 Å². The van der Waals surface area contributed by atoms with Crippen molar-refractivity contribution in [3.05, 3.63) is 59.7 Å². The van der Waals surface area contributed by atoms with Gasteiger partial charge >= 0.3 is 0 Å². The van der Waals surface area contributed by atoms with E-state index in [1.165, 1.54) is 12.5 Å². The van der Waals surface area contributed by atoms with Crippen molar-refractivity contribution in [1.29, 1.82) is 0 Å². The zero-order valence-electron chi connectivity index (χ0n) is 17.5. The molecule has 0 fully saturated rings. The minimum atomic E-state index is -0.0849. The largest absolute Gasteiger partial charge is 0.489 e. The van der Waals surface area contributed by atoms with Gasteiger partial charge in [0.25, 0.3) is 0 Å². The molecule has 7 heteroatoms. The SMILES string of the molecule is CCNC(=NCc1cccc(NC(C)=O)c1)NCC(C)Oc1cccc(C)c1.I. The average Bonchev–Trinajstić information content (AvgIpc) is 2.64. The Balaban J connectivity index is 0.00000420. The number of guanidine groups is 1. The number of nitrogens with one attached hydrogen (secondary N) is 3. The van der Waals surface area contributed by atoms with Crippen molar-refractivity contribution in [2.24, 2.45) is 4.99 Å². The van der Waals surface area contributed by atoms with Crippen molar-refractivity contribution in [3.8, 4) is 5.75 Å². The molecule has 0 bridgehead atoms. The minimum absolute atomic E-state index is 0. The molecule has 158 valence electrons. The maximum Gasteiger partial charge on any atom is 0.221 e. The topological polar surface area (TPSA) is 74.8 Å². The molecule has 0 radical (unpaired) electrons. The highest BCUT2D eigenvalue weighted by Gasteiger charge is 2.06. The number of ether oxygens (including phenoxy) is 1. The number of benzene rings is 2. The van der Waals surface area contributed by atoms with Crippen molar-refractivity contribution >= 4 is 41.5 Å². The maximum absolute atomic E-state index is 11.2. The molecule has 2 aromatic carbocycles. The summed E-state index contributed by atoms with van der Waals surface area (Å²) in [4.78, 5) is 15.8. The number of hydrogen-bond acceptors (Lipinski definition) is 3. The number of nitrogens with zero attached hydrogens (tertiary/aromatic N) is 1. The van der Waals surface area contributed by atoms with Gasteiger partial charge in [-0.15, -0.1) is 24.0 Å². The molecular formula is C22H31IN4O2. The monoisotopic (exact) mass is 510 g/mol. The lowest BCUT2D eigenvalue weighted by atomic mass is 10.2. The van der Waals surface area contributed by atoms with Crippen LogP contribution in [0.5, 0.6) is 5.75 Å². The van der Waals surface area contributed by atoms with Gasteiger partial charge < -0.3 is 20.7 Å². The van der Waals surface area contributed by atoms with E-state index in [2.05, 4.69) is 20.9 Å². The highest BCUT2D eigenvalue weighted by molar-refractivity contribution is 14.0. The van der Waals surface area contributed by atoms with E-state index in [1.54, 1.807) is 0 Å². The van der Waals surface area contributed by atoms with Gasteiger partial charge in [-0.25, -0.2) is 4.99 Å². The van der Waals surface area contributed by atoms with Crippen LogP contribution in [-0.2, 0) is 11.3 Å². The summed E-state index contributed by atoms with van der Waals surface area (Å²) in [5.41, 5.74) is 2.97. The number of aliphatic imine (C=N–C) groups is 1. The molecule has 0 aliphatic heterocycles. The molecule has 3 N–H and O–H groups in total. The van der Waals surface area contributed by atoms with Crippen LogP contribution in [0.4, 0.5) is 5.69 Å². The predicted octanol–water partition coefficient (Wildman–Crippen LogP) is 4.09. The summed E-state index contributed by atoms with van der Waals surface area (Å²) in [6.07, 6.45) is -0.00579. The molecule has 0 aromatic heterocycles. The predicted molar refractivity (Wildman–Crippen MR) is 130 cm³/mol. The average molecular weight is 510 g/mol. The zero-order valence-corrected chi connectivity index (χ0v) is 19.8. The third-order valence-electron chi connectivity index (χ3n) is 3.90. The second-order valence-corrected chi connectivity index (χ2v) is 6.70. The van der Waals surface area contributed by atoms with E-state index >= 15 is 0 Å². The van der Waals surface area contributed by atoms with Gasteiger partial charge in [0.15, 0.2) is 5.96 Å². The number of carbonyl (C=O) groups excluding carboxylic acids is 1. The third-order valence-corrected chi connectivity index (χ3v) is 3.90. The molecule has 1 atom stereocenters. The molecule has 2 rings (SSSR count). The van der Waals surface area contributed by atoms with Crippen LogP contribution in [-0.4, -0.2) is 31.1 Å². The summed E-state index contributed by atoms with van der Waals surface area (Å²) in [5, 5.41) is 9.35. The first-order chi connectivity index (χ1) is 13.5. The van der Waals surface area contributed by atoms with Crippen LogP contribution in [0, 0.1) is 6.92 Å². The van der Waals surface area contributed by atoms with Gasteiger partial charge in [-0.05, 0) is 56.2 Å². The second kappa shape index (κ2) is 13.0. The molecular weight excluding hydrogens is 479 g/mol. The Kier molecular flexibility index (Phi) is 11.1. The Hall–Kier alpha value is -2.29. The Bertz CT molecular complexity index is 811. The molecule has 0 spiro atoms. The fourth-order valence-electron chi connectivity index (χ4n) is 2.67. The molecule has 0 aliphatic carbocycles. The molecule has 0 aliphatic rings. The molecule has 0 saturated carbocycles. The van der Waals surface area contributed by atoms with Crippen LogP contribution >= 0.6 is 24.0 Å². The van der Waals surface area contributed by atoms with Crippen molar-refractivity contribution in [3.63, 3.8) is 0 Å². The molecule has 6 nitrogen and oxygen atoms in total. The molecule has 2 aromatic rings. The van der Waals surface area contributed by atoms with E-state index in [0.29, 0.717) is 13.1 Å². The Morgan fingerprint density at radius 2 is 1.90 bits per heavy atom. The number of amides is 1. The molecule has 1 unspecified atom stereocenters. The van der Waals surface area contributed by atoms with Crippen molar-refractivity contribution < 1.29 is 9.53 Å². The van der Waals surface area contributed by atoms with Crippen LogP contribution in [0.25, 0.3) is 0 Å². The lowest BCUT2D eigenvalue weighted by Gasteiger charge is -2.18. The Morgan fingerprint density at radius 3 is 2.59 bits per heavy atom. The maximum atomic E-state index is 11.2. The third kappa shape index (κ3) is 9.65. The number of rotatable bonds is 8. The smallest absolute Gasteiger partial charge is 0.221 e. The zero-order chi connectivity index (χ0) is 20.4. The summed E-state index contributed by atoms with van der Waals surface area (Å²) in [6, 6.07) is 15.7. The van der Waals surface area contributed by atoms with Gasteiger partial charge in [0.05, 0.1) is 13.1 Å². The van der Waals surface area contributed by atoms with Gasteiger partial charge in [0.1, 0.15) is 11.9 Å². The van der Waals surface area contributed by atoms with E-state index in [-0.39, 0.29) is 36.0 Å². The van der Waals surface area contributed by atoms with Crippen LogP contribution in [0.3, 0.4) is 0 Å².